The van der Waals surface area contributed by atoms with Gasteiger partial charge in [-0.3, -0.25) is 19.0 Å². The monoisotopic (exact) mass is 448 g/mol. The number of thiophene rings is 2. The van der Waals surface area contributed by atoms with E-state index < -0.39 is 0 Å². The number of carbonyl (C=O) groups is 2. The fourth-order valence-corrected chi connectivity index (χ4v) is 5.68. The number of hydrogen-bond donors (Lipinski definition) is 0. The first-order valence-electron chi connectivity index (χ1n) is 9.30. The molecule has 0 saturated carbocycles. The Morgan fingerprint density at radius 3 is 2.55 bits per heavy atom. The smallest absolute Gasteiger partial charge is 0.272 e. The van der Waals surface area contributed by atoms with E-state index in [0.29, 0.717) is 48.1 Å². The summed E-state index contributed by atoms with van der Waals surface area (Å²) in [7, 11) is 0. The van der Waals surface area contributed by atoms with Gasteiger partial charge < -0.3 is 9.80 Å². The molecule has 0 N–H and O–H groups in total. The van der Waals surface area contributed by atoms with Crippen molar-refractivity contribution in [3.8, 4) is 0 Å². The third-order valence-electron chi connectivity index (χ3n) is 4.82. The summed E-state index contributed by atoms with van der Waals surface area (Å²) in [6.45, 7) is 4.53. The van der Waals surface area contributed by atoms with Crippen molar-refractivity contribution < 1.29 is 9.59 Å². The number of aromatic nitrogens is 2. The summed E-state index contributed by atoms with van der Waals surface area (Å²) < 4.78 is 2.27. The van der Waals surface area contributed by atoms with E-state index in [1.165, 1.54) is 34.4 Å². The van der Waals surface area contributed by atoms with Gasteiger partial charge in [0.1, 0.15) is 4.70 Å². The second-order valence-electron chi connectivity index (χ2n) is 6.52. The van der Waals surface area contributed by atoms with Gasteiger partial charge in [0.15, 0.2) is 5.16 Å². The van der Waals surface area contributed by atoms with Gasteiger partial charge in [-0.15, -0.1) is 22.7 Å². The van der Waals surface area contributed by atoms with Crippen LogP contribution in [-0.2, 0) is 11.3 Å². The van der Waals surface area contributed by atoms with E-state index in [1.807, 2.05) is 35.9 Å². The molecule has 29 heavy (non-hydrogen) atoms. The summed E-state index contributed by atoms with van der Waals surface area (Å²) in [4.78, 5) is 46.5. The van der Waals surface area contributed by atoms with Crippen molar-refractivity contribution in [2.24, 2.45) is 0 Å². The van der Waals surface area contributed by atoms with Gasteiger partial charge in [0, 0.05) is 32.7 Å². The minimum atomic E-state index is -0.0526. The van der Waals surface area contributed by atoms with Crippen LogP contribution in [0.25, 0.3) is 10.2 Å². The van der Waals surface area contributed by atoms with Crippen LogP contribution in [0.5, 0.6) is 0 Å². The third kappa shape index (κ3) is 4.10. The standard InChI is InChI=1S/C19H20N4O3S3/c1-2-23-18(26)16-13(5-11-28-16)20-19(23)29-12-15(24)21-6-8-22(9-7-21)17(25)14-4-3-10-27-14/h3-5,10-11H,2,6-9,12H2,1H3. The molecular weight excluding hydrogens is 428 g/mol. The first-order valence-corrected chi connectivity index (χ1v) is 12.0. The first-order chi connectivity index (χ1) is 14.1. The number of amides is 2. The first kappa shape index (κ1) is 20.1. The lowest BCUT2D eigenvalue weighted by Gasteiger charge is -2.34. The van der Waals surface area contributed by atoms with Gasteiger partial charge in [-0.05, 0) is 29.8 Å². The normalized spacial score (nSPS) is 14.5. The van der Waals surface area contributed by atoms with Crippen LogP contribution < -0.4 is 5.56 Å². The molecule has 0 bridgehead atoms. The minimum absolute atomic E-state index is 0.000500. The molecule has 1 aliphatic heterocycles. The Morgan fingerprint density at radius 1 is 1.10 bits per heavy atom. The van der Waals surface area contributed by atoms with E-state index in [9.17, 15) is 14.4 Å². The molecule has 4 heterocycles. The lowest BCUT2D eigenvalue weighted by Crippen LogP contribution is -2.51. The SMILES string of the molecule is CCn1c(SCC(=O)N2CCN(C(=O)c3cccs3)CC2)nc2ccsc2c1=O. The molecule has 1 fully saturated rings. The molecule has 0 aliphatic carbocycles. The lowest BCUT2D eigenvalue weighted by atomic mass is 10.3. The fraction of sp³-hybridized carbons (Fsp3) is 0.368. The number of thioether (sulfide) groups is 1. The summed E-state index contributed by atoms with van der Waals surface area (Å²) in [5, 5.41) is 4.32. The Hall–Kier alpha value is -2.17. The van der Waals surface area contributed by atoms with Crippen LogP contribution in [0.2, 0.25) is 0 Å². The van der Waals surface area contributed by atoms with E-state index in [2.05, 4.69) is 4.98 Å². The van der Waals surface area contributed by atoms with Crippen molar-refractivity contribution >= 4 is 56.5 Å². The maximum atomic E-state index is 12.7. The van der Waals surface area contributed by atoms with Crippen molar-refractivity contribution in [2.75, 3.05) is 31.9 Å². The van der Waals surface area contributed by atoms with Crippen LogP contribution in [0.4, 0.5) is 0 Å². The van der Waals surface area contributed by atoms with Gasteiger partial charge in [-0.2, -0.15) is 0 Å². The second-order valence-corrected chi connectivity index (χ2v) is 9.32. The Morgan fingerprint density at radius 2 is 1.86 bits per heavy atom. The highest BCUT2D eigenvalue weighted by molar-refractivity contribution is 7.99. The number of carbonyl (C=O) groups excluding carboxylic acids is 2. The molecule has 152 valence electrons. The van der Waals surface area contributed by atoms with Crippen molar-refractivity contribution in [3.63, 3.8) is 0 Å². The Bertz CT molecular complexity index is 1080. The number of hydrogen-bond acceptors (Lipinski definition) is 7. The van der Waals surface area contributed by atoms with Crippen LogP contribution >= 0.6 is 34.4 Å². The Kier molecular flexibility index (Phi) is 6.02. The summed E-state index contributed by atoms with van der Waals surface area (Å²) in [6, 6.07) is 5.52. The summed E-state index contributed by atoms with van der Waals surface area (Å²) in [5.41, 5.74) is 0.628. The molecule has 10 heteroatoms. The van der Waals surface area contributed by atoms with Crippen LogP contribution in [0.1, 0.15) is 16.6 Å². The van der Waals surface area contributed by atoms with Gasteiger partial charge in [-0.1, -0.05) is 17.8 Å². The van der Waals surface area contributed by atoms with Gasteiger partial charge in [-0.25, -0.2) is 4.98 Å². The average molecular weight is 449 g/mol. The van der Waals surface area contributed by atoms with E-state index in [-0.39, 0.29) is 23.1 Å². The molecule has 0 unspecified atom stereocenters. The van der Waals surface area contributed by atoms with Gasteiger partial charge in [0.25, 0.3) is 11.5 Å². The van der Waals surface area contributed by atoms with E-state index >= 15 is 0 Å². The molecule has 7 nitrogen and oxygen atoms in total. The molecule has 0 atom stereocenters. The van der Waals surface area contributed by atoms with E-state index in [0.717, 1.165) is 4.88 Å². The molecule has 2 amide bonds. The second kappa shape index (κ2) is 8.68. The van der Waals surface area contributed by atoms with Crippen LogP contribution in [0.3, 0.4) is 0 Å². The quantitative estimate of drug-likeness (QED) is 0.443. The fourth-order valence-electron chi connectivity index (χ4n) is 3.25. The summed E-state index contributed by atoms with van der Waals surface area (Å²) in [6.07, 6.45) is 0. The predicted molar refractivity (Wildman–Crippen MR) is 117 cm³/mol. The topological polar surface area (TPSA) is 75.5 Å². The highest BCUT2D eigenvalue weighted by Crippen LogP contribution is 2.21. The lowest BCUT2D eigenvalue weighted by molar-refractivity contribution is -0.129. The predicted octanol–water partition coefficient (Wildman–Crippen LogP) is 2.62. The minimum Gasteiger partial charge on any atom is -0.338 e. The van der Waals surface area contributed by atoms with Crippen molar-refractivity contribution in [1.82, 2.24) is 19.4 Å². The molecule has 0 aromatic carbocycles. The van der Waals surface area contributed by atoms with Gasteiger partial charge in [0.05, 0.1) is 16.1 Å². The van der Waals surface area contributed by atoms with Crippen LogP contribution in [0.15, 0.2) is 38.9 Å². The number of rotatable bonds is 5. The molecule has 3 aromatic rings. The van der Waals surface area contributed by atoms with Gasteiger partial charge >= 0.3 is 0 Å². The number of piperazine rings is 1. The van der Waals surface area contributed by atoms with Crippen molar-refractivity contribution in [1.29, 1.82) is 0 Å². The number of nitrogens with zero attached hydrogens (tertiary/aromatic N) is 4. The zero-order chi connectivity index (χ0) is 20.4. The Labute approximate surface area is 180 Å². The maximum Gasteiger partial charge on any atom is 0.272 e. The molecule has 1 aliphatic rings. The average Bonchev–Trinajstić information content (AvgIpc) is 3.44. The van der Waals surface area contributed by atoms with E-state index in [1.54, 1.807) is 14.4 Å². The zero-order valence-corrected chi connectivity index (χ0v) is 18.3. The Balaban J connectivity index is 1.37. The summed E-state index contributed by atoms with van der Waals surface area (Å²) in [5.74, 6) is 0.253. The zero-order valence-electron chi connectivity index (χ0n) is 15.9. The highest BCUT2D eigenvalue weighted by Gasteiger charge is 2.25. The summed E-state index contributed by atoms with van der Waals surface area (Å²) >= 11 is 4.12. The largest absolute Gasteiger partial charge is 0.338 e. The molecule has 1 saturated heterocycles. The molecule has 4 rings (SSSR count). The van der Waals surface area contributed by atoms with Crippen molar-refractivity contribution in [2.45, 2.75) is 18.6 Å². The number of fused-ring (bicyclic) bond motifs is 1. The molecule has 3 aromatic heterocycles. The van der Waals surface area contributed by atoms with E-state index in [4.69, 9.17) is 0 Å². The third-order valence-corrected chi connectivity index (χ3v) is 7.53. The van der Waals surface area contributed by atoms with Gasteiger partial charge in [0.2, 0.25) is 5.91 Å². The van der Waals surface area contributed by atoms with Crippen LogP contribution in [0, 0.1) is 0 Å². The maximum absolute atomic E-state index is 12.7. The van der Waals surface area contributed by atoms with Crippen LogP contribution in [-0.4, -0.2) is 63.1 Å². The molecule has 0 radical (unpaired) electrons. The molecular formula is C19H20N4O3S3. The van der Waals surface area contributed by atoms with Crippen molar-refractivity contribution in [3.05, 3.63) is 44.2 Å². The molecule has 0 spiro atoms. The highest BCUT2D eigenvalue weighted by atomic mass is 32.2.